The fraction of sp³-hybridized carbons (Fsp3) is 0.889. The first-order chi connectivity index (χ1) is 6.22. The molecule has 0 aromatic rings. The van der Waals surface area contributed by atoms with E-state index in [4.69, 9.17) is 9.84 Å². The van der Waals surface area contributed by atoms with Crippen LogP contribution in [0.1, 0.15) is 26.2 Å². The summed E-state index contributed by atoms with van der Waals surface area (Å²) in [5.74, 6) is -0.765. The van der Waals surface area contributed by atoms with Crippen LogP contribution in [0.15, 0.2) is 0 Å². The average Bonchev–Trinajstić information content (AvgIpc) is 2.10. The summed E-state index contributed by atoms with van der Waals surface area (Å²) in [5, 5.41) is 11.7. The lowest BCUT2D eigenvalue weighted by molar-refractivity contribution is -0.139. The van der Waals surface area contributed by atoms with E-state index >= 15 is 0 Å². The summed E-state index contributed by atoms with van der Waals surface area (Å²) in [7, 11) is 1.64. The van der Waals surface area contributed by atoms with Crippen LogP contribution < -0.4 is 5.32 Å². The lowest BCUT2D eigenvalue weighted by Gasteiger charge is -2.12. The predicted molar refractivity (Wildman–Crippen MR) is 50.8 cm³/mol. The van der Waals surface area contributed by atoms with Crippen LogP contribution >= 0.6 is 0 Å². The second-order valence-electron chi connectivity index (χ2n) is 2.98. The van der Waals surface area contributed by atoms with E-state index in [0.29, 0.717) is 19.6 Å². The number of hydrogen-bond acceptors (Lipinski definition) is 3. The Morgan fingerprint density at radius 2 is 2.31 bits per heavy atom. The molecule has 0 bridgehead atoms. The molecule has 0 radical (unpaired) electrons. The number of nitrogens with one attached hydrogen (secondary N) is 1. The van der Waals surface area contributed by atoms with Crippen molar-refractivity contribution in [2.75, 3.05) is 20.3 Å². The lowest BCUT2D eigenvalue weighted by Crippen LogP contribution is -2.37. The largest absolute Gasteiger partial charge is 0.480 e. The van der Waals surface area contributed by atoms with Gasteiger partial charge in [0.05, 0.1) is 0 Å². The molecule has 1 unspecified atom stereocenters. The molecule has 0 aliphatic heterocycles. The van der Waals surface area contributed by atoms with E-state index in [1.165, 1.54) is 0 Å². The number of methoxy groups -OCH3 is 1. The summed E-state index contributed by atoms with van der Waals surface area (Å²) in [6, 6.07) is -0.401. The average molecular weight is 189 g/mol. The molecule has 0 aliphatic rings. The molecule has 0 aliphatic carbocycles. The third kappa shape index (κ3) is 6.54. The fourth-order valence-electron chi connectivity index (χ4n) is 1.09. The molecule has 13 heavy (non-hydrogen) atoms. The maximum atomic E-state index is 10.7. The van der Waals surface area contributed by atoms with Crippen molar-refractivity contribution in [2.24, 2.45) is 0 Å². The van der Waals surface area contributed by atoms with Crippen molar-refractivity contribution in [3.05, 3.63) is 0 Å². The number of rotatable bonds is 8. The summed E-state index contributed by atoms with van der Waals surface area (Å²) in [6.45, 7) is 3.35. The van der Waals surface area contributed by atoms with Gasteiger partial charge >= 0.3 is 5.97 Å². The van der Waals surface area contributed by atoms with Gasteiger partial charge in [-0.25, -0.2) is 0 Å². The van der Waals surface area contributed by atoms with Gasteiger partial charge in [-0.05, 0) is 19.4 Å². The molecular weight excluding hydrogens is 170 g/mol. The van der Waals surface area contributed by atoms with Crippen LogP contribution in [0.25, 0.3) is 0 Å². The number of ether oxygens (including phenoxy) is 1. The topological polar surface area (TPSA) is 58.6 Å². The van der Waals surface area contributed by atoms with Gasteiger partial charge in [0.2, 0.25) is 0 Å². The highest BCUT2D eigenvalue weighted by atomic mass is 16.5. The summed E-state index contributed by atoms with van der Waals surface area (Å²) in [4.78, 5) is 10.7. The molecule has 78 valence electrons. The van der Waals surface area contributed by atoms with Crippen molar-refractivity contribution in [3.63, 3.8) is 0 Å². The summed E-state index contributed by atoms with van der Waals surface area (Å²) in [5.41, 5.74) is 0. The van der Waals surface area contributed by atoms with Crippen molar-refractivity contribution in [1.82, 2.24) is 5.32 Å². The molecule has 2 N–H and O–H groups in total. The van der Waals surface area contributed by atoms with Crippen LogP contribution in [0, 0.1) is 0 Å². The van der Waals surface area contributed by atoms with Crippen LogP contribution in [0.5, 0.6) is 0 Å². The normalized spacial score (nSPS) is 12.8. The Labute approximate surface area is 79.3 Å². The van der Waals surface area contributed by atoms with Crippen molar-refractivity contribution in [1.29, 1.82) is 0 Å². The van der Waals surface area contributed by atoms with Crippen LogP contribution in [-0.4, -0.2) is 37.4 Å². The third-order valence-corrected chi connectivity index (χ3v) is 1.79. The highest BCUT2D eigenvalue weighted by Crippen LogP contribution is 1.96. The molecule has 0 fully saturated rings. The highest BCUT2D eigenvalue weighted by molar-refractivity contribution is 5.73. The van der Waals surface area contributed by atoms with Gasteiger partial charge in [-0.2, -0.15) is 0 Å². The van der Waals surface area contributed by atoms with Gasteiger partial charge in [-0.1, -0.05) is 13.3 Å². The first-order valence-electron chi connectivity index (χ1n) is 4.67. The molecule has 0 heterocycles. The van der Waals surface area contributed by atoms with E-state index in [0.717, 1.165) is 12.8 Å². The standard InChI is InChI=1S/C9H19NO3/c1-3-5-8(9(11)12)10-6-4-7-13-2/h8,10H,3-7H2,1-2H3,(H,11,12). The molecule has 0 saturated carbocycles. The Morgan fingerprint density at radius 1 is 1.62 bits per heavy atom. The number of aliphatic carboxylic acids is 1. The summed E-state index contributed by atoms with van der Waals surface area (Å²) in [6.07, 6.45) is 2.42. The molecule has 1 atom stereocenters. The van der Waals surface area contributed by atoms with E-state index in [9.17, 15) is 4.79 Å². The maximum Gasteiger partial charge on any atom is 0.320 e. The quantitative estimate of drug-likeness (QED) is 0.556. The molecule has 4 heteroatoms. The van der Waals surface area contributed by atoms with Gasteiger partial charge in [0.15, 0.2) is 0 Å². The van der Waals surface area contributed by atoms with E-state index in [2.05, 4.69) is 5.32 Å². The first-order valence-corrected chi connectivity index (χ1v) is 4.67. The van der Waals surface area contributed by atoms with E-state index < -0.39 is 12.0 Å². The SMILES string of the molecule is CCCC(NCCCOC)C(=O)O. The zero-order chi connectivity index (χ0) is 10.1. The summed E-state index contributed by atoms with van der Waals surface area (Å²) < 4.78 is 4.86. The highest BCUT2D eigenvalue weighted by Gasteiger charge is 2.14. The monoisotopic (exact) mass is 189 g/mol. The second-order valence-corrected chi connectivity index (χ2v) is 2.98. The molecule has 0 aromatic carbocycles. The van der Waals surface area contributed by atoms with Gasteiger partial charge in [0, 0.05) is 13.7 Å². The van der Waals surface area contributed by atoms with E-state index in [-0.39, 0.29) is 0 Å². The second kappa shape index (κ2) is 8.01. The maximum absolute atomic E-state index is 10.7. The Hall–Kier alpha value is -0.610. The minimum atomic E-state index is -0.765. The lowest BCUT2D eigenvalue weighted by atomic mass is 10.1. The molecule has 0 spiro atoms. The Balaban J connectivity index is 3.51. The number of hydrogen-bond donors (Lipinski definition) is 2. The summed E-state index contributed by atoms with van der Waals surface area (Å²) >= 11 is 0. The third-order valence-electron chi connectivity index (χ3n) is 1.79. The molecule has 0 rings (SSSR count). The van der Waals surface area contributed by atoms with Crippen LogP contribution in [0.4, 0.5) is 0 Å². The Bertz CT molecular complexity index is 139. The van der Waals surface area contributed by atoms with Crippen LogP contribution in [-0.2, 0) is 9.53 Å². The molecule has 0 amide bonds. The molecule has 0 aromatic heterocycles. The predicted octanol–water partition coefficient (Wildman–Crippen LogP) is 0.866. The van der Waals surface area contributed by atoms with Crippen LogP contribution in [0.3, 0.4) is 0 Å². The van der Waals surface area contributed by atoms with Crippen molar-refractivity contribution in [3.8, 4) is 0 Å². The molecule has 0 saturated heterocycles. The van der Waals surface area contributed by atoms with Crippen molar-refractivity contribution >= 4 is 5.97 Å². The van der Waals surface area contributed by atoms with E-state index in [1.54, 1.807) is 7.11 Å². The molecular formula is C9H19NO3. The van der Waals surface area contributed by atoms with Crippen LogP contribution in [0.2, 0.25) is 0 Å². The number of carboxylic acids is 1. The van der Waals surface area contributed by atoms with Gasteiger partial charge in [-0.15, -0.1) is 0 Å². The Kier molecular flexibility index (Phi) is 7.63. The smallest absolute Gasteiger partial charge is 0.320 e. The van der Waals surface area contributed by atoms with Crippen molar-refractivity contribution < 1.29 is 14.6 Å². The van der Waals surface area contributed by atoms with E-state index in [1.807, 2.05) is 6.92 Å². The van der Waals surface area contributed by atoms with Gasteiger partial charge < -0.3 is 15.2 Å². The minimum absolute atomic E-state index is 0.401. The minimum Gasteiger partial charge on any atom is -0.480 e. The Morgan fingerprint density at radius 3 is 2.77 bits per heavy atom. The zero-order valence-electron chi connectivity index (χ0n) is 8.38. The first kappa shape index (κ1) is 12.4. The van der Waals surface area contributed by atoms with Gasteiger partial charge in [0.1, 0.15) is 6.04 Å². The zero-order valence-corrected chi connectivity index (χ0v) is 8.38. The number of carbonyl (C=O) groups is 1. The van der Waals surface area contributed by atoms with Crippen molar-refractivity contribution in [2.45, 2.75) is 32.2 Å². The van der Waals surface area contributed by atoms with Gasteiger partial charge in [0.25, 0.3) is 0 Å². The number of carboxylic acid groups (broad SMARTS) is 1. The fourth-order valence-corrected chi connectivity index (χ4v) is 1.09. The molecule has 4 nitrogen and oxygen atoms in total. The van der Waals surface area contributed by atoms with Gasteiger partial charge in [-0.3, -0.25) is 4.79 Å².